The lowest BCUT2D eigenvalue weighted by atomic mass is 10.3. The van der Waals surface area contributed by atoms with Crippen LogP contribution in [0.4, 0.5) is 17.3 Å². The number of anilines is 3. The summed E-state index contributed by atoms with van der Waals surface area (Å²) < 4.78 is 5.02. The Bertz CT molecular complexity index is 516. The van der Waals surface area contributed by atoms with Crippen LogP contribution >= 0.6 is 0 Å². The Labute approximate surface area is 106 Å². The van der Waals surface area contributed by atoms with Crippen molar-refractivity contribution < 1.29 is 4.74 Å². The smallest absolute Gasteiger partial charge is 0.158 e. The number of methoxy groups -OCH3 is 1. The molecule has 1 aromatic carbocycles. The third-order valence-corrected chi connectivity index (χ3v) is 2.54. The van der Waals surface area contributed by atoms with Crippen molar-refractivity contribution >= 4 is 17.3 Å². The van der Waals surface area contributed by atoms with Gasteiger partial charge in [0.2, 0.25) is 0 Å². The van der Waals surface area contributed by atoms with Crippen molar-refractivity contribution in [2.45, 2.75) is 6.61 Å². The van der Waals surface area contributed by atoms with Crippen LogP contribution in [0.25, 0.3) is 0 Å². The van der Waals surface area contributed by atoms with Gasteiger partial charge in [0.15, 0.2) is 5.82 Å². The molecule has 94 valence electrons. The largest absolute Gasteiger partial charge is 0.384 e. The Morgan fingerprint density at radius 2 is 1.94 bits per heavy atom. The second-order valence-electron chi connectivity index (χ2n) is 3.89. The summed E-state index contributed by atoms with van der Waals surface area (Å²) in [5.41, 5.74) is 6.81. The molecule has 0 radical (unpaired) electrons. The zero-order valence-corrected chi connectivity index (χ0v) is 10.5. The van der Waals surface area contributed by atoms with E-state index >= 15 is 0 Å². The minimum Gasteiger partial charge on any atom is -0.384 e. The summed E-state index contributed by atoms with van der Waals surface area (Å²) in [6, 6.07) is 11.7. The number of hydrogen-bond acceptors (Lipinski definition) is 5. The van der Waals surface area contributed by atoms with E-state index in [0.717, 1.165) is 11.5 Å². The lowest BCUT2D eigenvalue weighted by Gasteiger charge is -2.19. The molecule has 0 saturated carbocycles. The van der Waals surface area contributed by atoms with Gasteiger partial charge in [0.25, 0.3) is 0 Å². The highest BCUT2D eigenvalue weighted by Crippen LogP contribution is 2.22. The van der Waals surface area contributed by atoms with Gasteiger partial charge in [0, 0.05) is 25.9 Å². The van der Waals surface area contributed by atoms with Crippen molar-refractivity contribution in [3.63, 3.8) is 0 Å². The van der Waals surface area contributed by atoms with Crippen molar-refractivity contribution in [1.82, 2.24) is 9.97 Å². The van der Waals surface area contributed by atoms with E-state index in [2.05, 4.69) is 9.97 Å². The molecule has 0 aliphatic heterocycles. The summed E-state index contributed by atoms with van der Waals surface area (Å²) in [6.45, 7) is 0.348. The minimum absolute atomic E-state index is 0.348. The lowest BCUT2D eigenvalue weighted by molar-refractivity contribution is 0.178. The Morgan fingerprint density at radius 1 is 1.22 bits per heavy atom. The fourth-order valence-electron chi connectivity index (χ4n) is 1.65. The van der Waals surface area contributed by atoms with Crippen molar-refractivity contribution in [2.75, 3.05) is 24.8 Å². The minimum atomic E-state index is 0.348. The molecule has 0 fully saturated rings. The van der Waals surface area contributed by atoms with Gasteiger partial charge in [-0.05, 0) is 12.1 Å². The fourth-order valence-corrected chi connectivity index (χ4v) is 1.65. The Kier molecular flexibility index (Phi) is 3.74. The van der Waals surface area contributed by atoms with Gasteiger partial charge in [-0.3, -0.25) is 0 Å². The highest BCUT2D eigenvalue weighted by molar-refractivity contribution is 5.60. The number of nitrogens with two attached hydrogens (primary N) is 1. The Balaban J connectivity index is 2.33. The number of aromatic nitrogens is 2. The second-order valence-corrected chi connectivity index (χ2v) is 3.89. The van der Waals surface area contributed by atoms with Crippen LogP contribution in [0.15, 0.2) is 36.4 Å². The topological polar surface area (TPSA) is 64.3 Å². The van der Waals surface area contributed by atoms with Crippen molar-refractivity contribution in [2.24, 2.45) is 0 Å². The molecule has 0 spiro atoms. The van der Waals surface area contributed by atoms with Gasteiger partial charge >= 0.3 is 0 Å². The number of benzene rings is 1. The maximum atomic E-state index is 5.77. The number of para-hydroxylation sites is 1. The quantitative estimate of drug-likeness (QED) is 0.890. The number of rotatable bonds is 4. The fraction of sp³-hybridized carbons (Fsp3) is 0.231. The van der Waals surface area contributed by atoms with Crippen LogP contribution < -0.4 is 10.6 Å². The van der Waals surface area contributed by atoms with Crippen LogP contribution in [0.3, 0.4) is 0 Å². The van der Waals surface area contributed by atoms with Crippen LogP contribution in [0.5, 0.6) is 0 Å². The molecule has 0 atom stereocenters. The average molecular weight is 244 g/mol. The van der Waals surface area contributed by atoms with Gasteiger partial charge in [0.05, 0.1) is 0 Å². The van der Waals surface area contributed by atoms with Crippen LogP contribution in [0.1, 0.15) is 5.82 Å². The van der Waals surface area contributed by atoms with E-state index in [-0.39, 0.29) is 0 Å². The summed E-state index contributed by atoms with van der Waals surface area (Å²) in [5, 5.41) is 0. The van der Waals surface area contributed by atoms with Gasteiger partial charge in [0.1, 0.15) is 18.2 Å². The molecule has 2 N–H and O–H groups in total. The van der Waals surface area contributed by atoms with Crippen LogP contribution in [-0.2, 0) is 11.3 Å². The molecule has 0 unspecified atom stereocenters. The average Bonchev–Trinajstić information content (AvgIpc) is 2.38. The predicted octanol–water partition coefficient (Wildman–Crippen LogP) is 1.97. The first-order valence-corrected chi connectivity index (χ1v) is 5.62. The Morgan fingerprint density at radius 3 is 2.61 bits per heavy atom. The normalized spacial score (nSPS) is 10.3. The standard InChI is InChI=1S/C13H16N4O/c1-17(10-6-4-3-5-7-10)13-8-11(14)15-12(16-13)9-18-2/h3-8H,9H2,1-2H3,(H2,14,15,16). The number of hydrogen-bond donors (Lipinski definition) is 1. The predicted molar refractivity (Wildman–Crippen MR) is 71.7 cm³/mol. The first kappa shape index (κ1) is 12.3. The van der Waals surface area contributed by atoms with Crippen LogP contribution in [0.2, 0.25) is 0 Å². The zero-order valence-electron chi connectivity index (χ0n) is 10.5. The monoisotopic (exact) mass is 244 g/mol. The number of ether oxygens (including phenoxy) is 1. The van der Waals surface area contributed by atoms with Crippen LogP contribution in [0, 0.1) is 0 Å². The first-order valence-electron chi connectivity index (χ1n) is 5.62. The Hall–Kier alpha value is -2.14. The van der Waals surface area contributed by atoms with Gasteiger partial charge in [-0.25, -0.2) is 9.97 Å². The van der Waals surface area contributed by atoms with Crippen molar-refractivity contribution in [3.8, 4) is 0 Å². The van der Waals surface area contributed by atoms with E-state index in [1.54, 1.807) is 13.2 Å². The number of nitrogen functional groups attached to an aromatic ring is 1. The molecule has 0 saturated heterocycles. The molecule has 0 aliphatic carbocycles. The zero-order chi connectivity index (χ0) is 13.0. The molecule has 0 aliphatic rings. The molecule has 5 nitrogen and oxygen atoms in total. The van der Waals surface area contributed by atoms with Gasteiger partial charge < -0.3 is 15.4 Å². The third kappa shape index (κ3) is 2.75. The summed E-state index contributed by atoms with van der Waals surface area (Å²) in [7, 11) is 3.54. The molecule has 18 heavy (non-hydrogen) atoms. The summed E-state index contributed by atoms with van der Waals surface area (Å²) >= 11 is 0. The SMILES string of the molecule is COCc1nc(N)cc(N(C)c2ccccc2)n1. The first-order chi connectivity index (χ1) is 8.70. The summed E-state index contributed by atoms with van der Waals surface area (Å²) in [5.74, 6) is 1.77. The molecule has 5 heteroatoms. The molecule has 1 heterocycles. The molecule has 2 rings (SSSR count). The maximum absolute atomic E-state index is 5.77. The lowest BCUT2D eigenvalue weighted by Crippen LogP contribution is -2.13. The second kappa shape index (κ2) is 5.46. The van der Waals surface area contributed by atoms with E-state index in [1.165, 1.54) is 0 Å². The maximum Gasteiger partial charge on any atom is 0.158 e. The van der Waals surface area contributed by atoms with E-state index in [4.69, 9.17) is 10.5 Å². The van der Waals surface area contributed by atoms with Gasteiger partial charge in [-0.15, -0.1) is 0 Å². The molecular formula is C13H16N4O. The third-order valence-electron chi connectivity index (χ3n) is 2.54. The van der Waals surface area contributed by atoms with Crippen molar-refractivity contribution in [1.29, 1.82) is 0 Å². The molecule has 2 aromatic rings. The molecular weight excluding hydrogens is 228 g/mol. The highest BCUT2D eigenvalue weighted by atomic mass is 16.5. The summed E-state index contributed by atoms with van der Waals surface area (Å²) in [6.07, 6.45) is 0. The molecule has 0 bridgehead atoms. The van der Waals surface area contributed by atoms with Gasteiger partial charge in [-0.2, -0.15) is 0 Å². The van der Waals surface area contributed by atoms with E-state index in [9.17, 15) is 0 Å². The van der Waals surface area contributed by atoms with Gasteiger partial charge in [-0.1, -0.05) is 18.2 Å². The highest BCUT2D eigenvalue weighted by Gasteiger charge is 2.08. The molecule has 1 aromatic heterocycles. The molecule has 0 amide bonds. The van der Waals surface area contributed by atoms with Crippen molar-refractivity contribution in [3.05, 3.63) is 42.2 Å². The van der Waals surface area contributed by atoms with E-state index in [0.29, 0.717) is 18.2 Å². The van der Waals surface area contributed by atoms with E-state index < -0.39 is 0 Å². The van der Waals surface area contributed by atoms with Crippen LogP contribution in [-0.4, -0.2) is 24.1 Å². The summed E-state index contributed by atoms with van der Waals surface area (Å²) in [4.78, 5) is 10.5. The number of nitrogens with zero attached hydrogens (tertiary/aromatic N) is 3. The van der Waals surface area contributed by atoms with E-state index in [1.807, 2.05) is 42.3 Å².